The van der Waals surface area contributed by atoms with Crippen molar-refractivity contribution in [3.63, 3.8) is 0 Å². The molecule has 6 heteroatoms. The number of halogens is 1. The minimum absolute atomic E-state index is 0.0774. The monoisotopic (exact) mass is 357 g/mol. The number of benzene rings is 1. The zero-order valence-electron chi connectivity index (χ0n) is 14.9. The number of carbonyl (C=O) groups excluding carboxylic acids is 1. The number of carbonyl (C=O) groups is 1. The third-order valence-electron chi connectivity index (χ3n) is 5.25. The van der Waals surface area contributed by atoms with E-state index in [1.807, 2.05) is 11.0 Å². The quantitative estimate of drug-likeness (QED) is 0.825. The van der Waals surface area contributed by atoms with Gasteiger partial charge in [0.1, 0.15) is 17.6 Å². The molecule has 0 spiro atoms. The summed E-state index contributed by atoms with van der Waals surface area (Å²) in [5.41, 5.74) is 0.848. The number of nitrogens with zero attached hydrogens (tertiary/aromatic N) is 3. The van der Waals surface area contributed by atoms with E-state index in [-0.39, 0.29) is 17.8 Å². The van der Waals surface area contributed by atoms with Crippen LogP contribution in [-0.4, -0.2) is 46.9 Å². The van der Waals surface area contributed by atoms with Gasteiger partial charge in [-0.15, -0.1) is 0 Å². The van der Waals surface area contributed by atoms with Gasteiger partial charge in [-0.25, -0.2) is 9.37 Å². The van der Waals surface area contributed by atoms with E-state index in [4.69, 9.17) is 4.42 Å². The number of hydrogen-bond donors (Lipinski definition) is 0. The molecule has 2 saturated heterocycles. The molecule has 2 fully saturated rings. The van der Waals surface area contributed by atoms with Crippen LogP contribution in [0.5, 0.6) is 0 Å². The summed E-state index contributed by atoms with van der Waals surface area (Å²) in [7, 11) is 0. The third-order valence-corrected chi connectivity index (χ3v) is 5.25. The molecule has 4 rings (SSSR count). The zero-order chi connectivity index (χ0) is 17.9. The fourth-order valence-electron chi connectivity index (χ4n) is 3.95. The number of rotatable bonds is 5. The van der Waals surface area contributed by atoms with E-state index in [0.29, 0.717) is 24.6 Å². The molecule has 1 aromatic carbocycles. The Hall–Kier alpha value is -2.21. The molecule has 1 amide bonds. The van der Waals surface area contributed by atoms with Gasteiger partial charge in [-0.05, 0) is 56.5 Å². The summed E-state index contributed by atoms with van der Waals surface area (Å²) in [6.45, 7) is 3.29. The van der Waals surface area contributed by atoms with Crippen LogP contribution in [0.1, 0.15) is 48.9 Å². The highest BCUT2D eigenvalue weighted by Gasteiger charge is 2.34. The van der Waals surface area contributed by atoms with Crippen molar-refractivity contribution in [2.45, 2.75) is 38.1 Å². The molecule has 5 nitrogen and oxygen atoms in total. The van der Waals surface area contributed by atoms with Gasteiger partial charge in [0, 0.05) is 13.0 Å². The standard InChI is InChI=1S/C20H24FN3O2/c21-16-6-3-5-15(11-16)12-17-13-22-20(26-17)18-7-4-10-24(18)19(25)14-23-8-1-2-9-23/h3,5-6,11,13,18H,1-2,4,7-10,12,14H2. The molecule has 0 radical (unpaired) electrons. The van der Waals surface area contributed by atoms with Gasteiger partial charge >= 0.3 is 0 Å². The van der Waals surface area contributed by atoms with Crippen molar-refractivity contribution < 1.29 is 13.6 Å². The molecular weight excluding hydrogens is 333 g/mol. The van der Waals surface area contributed by atoms with Gasteiger partial charge < -0.3 is 9.32 Å². The lowest BCUT2D eigenvalue weighted by atomic mass is 10.1. The van der Waals surface area contributed by atoms with Crippen LogP contribution in [0.2, 0.25) is 0 Å². The number of aromatic nitrogens is 1. The normalized spacial score (nSPS) is 20.8. The highest BCUT2D eigenvalue weighted by molar-refractivity contribution is 5.79. The largest absolute Gasteiger partial charge is 0.443 e. The van der Waals surface area contributed by atoms with E-state index >= 15 is 0 Å². The lowest BCUT2D eigenvalue weighted by Gasteiger charge is -2.25. The molecule has 26 heavy (non-hydrogen) atoms. The molecular formula is C20H24FN3O2. The number of hydrogen-bond acceptors (Lipinski definition) is 4. The van der Waals surface area contributed by atoms with E-state index in [1.165, 1.54) is 25.0 Å². The predicted octanol–water partition coefficient (Wildman–Crippen LogP) is 3.16. The molecule has 2 aromatic rings. The molecule has 2 aliphatic rings. The van der Waals surface area contributed by atoms with Crippen molar-refractivity contribution in [3.05, 3.63) is 53.5 Å². The molecule has 0 N–H and O–H groups in total. The fraction of sp³-hybridized carbons (Fsp3) is 0.500. The maximum absolute atomic E-state index is 13.3. The van der Waals surface area contributed by atoms with Gasteiger partial charge in [-0.3, -0.25) is 9.69 Å². The van der Waals surface area contributed by atoms with Crippen molar-refractivity contribution in [1.29, 1.82) is 0 Å². The summed E-state index contributed by atoms with van der Waals surface area (Å²) >= 11 is 0. The molecule has 2 aliphatic heterocycles. The SMILES string of the molecule is O=C(CN1CCCC1)N1CCCC1c1ncc(Cc2cccc(F)c2)o1. The maximum atomic E-state index is 13.3. The third kappa shape index (κ3) is 3.80. The highest BCUT2D eigenvalue weighted by atomic mass is 19.1. The average Bonchev–Trinajstić information content (AvgIpc) is 3.36. The Bertz CT molecular complexity index is 770. The minimum atomic E-state index is -0.253. The molecule has 0 bridgehead atoms. The summed E-state index contributed by atoms with van der Waals surface area (Å²) in [5, 5.41) is 0. The summed E-state index contributed by atoms with van der Waals surface area (Å²) < 4.78 is 19.3. The Morgan fingerprint density at radius 2 is 2.08 bits per heavy atom. The van der Waals surface area contributed by atoms with Crippen LogP contribution in [0.25, 0.3) is 0 Å². The lowest BCUT2D eigenvalue weighted by Crippen LogP contribution is -2.39. The lowest BCUT2D eigenvalue weighted by molar-refractivity contribution is -0.133. The smallest absolute Gasteiger partial charge is 0.237 e. The topological polar surface area (TPSA) is 49.6 Å². The molecule has 1 aromatic heterocycles. The van der Waals surface area contributed by atoms with E-state index in [0.717, 1.165) is 38.0 Å². The Balaban J connectivity index is 1.43. The van der Waals surface area contributed by atoms with Crippen molar-refractivity contribution >= 4 is 5.91 Å². The zero-order valence-corrected chi connectivity index (χ0v) is 14.9. The summed E-state index contributed by atoms with van der Waals surface area (Å²) in [4.78, 5) is 21.2. The van der Waals surface area contributed by atoms with Crippen LogP contribution < -0.4 is 0 Å². The average molecular weight is 357 g/mol. The van der Waals surface area contributed by atoms with Gasteiger partial charge in [0.25, 0.3) is 0 Å². The highest BCUT2D eigenvalue weighted by Crippen LogP contribution is 2.32. The predicted molar refractivity (Wildman–Crippen MR) is 95.1 cm³/mol. The summed E-state index contributed by atoms with van der Waals surface area (Å²) in [6, 6.07) is 6.41. The van der Waals surface area contributed by atoms with Crippen LogP contribution in [0.3, 0.4) is 0 Å². The van der Waals surface area contributed by atoms with Crippen molar-refractivity contribution in [3.8, 4) is 0 Å². The van der Waals surface area contributed by atoms with Crippen molar-refractivity contribution in [2.75, 3.05) is 26.2 Å². The van der Waals surface area contributed by atoms with Gasteiger partial charge in [0.2, 0.25) is 11.8 Å². The minimum Gasteiger partial charge on any atom is -0.443 e. The van der Waals surface area contributed by atoms with Crippen LogP contribution in [0.15, 0.2) is 34.9 Å². The van der Waals surface area contributed by atoms with Crippen LogP contribution in [-0.2, 0) is 11.2 Å². The first kappa shape index (κ1) is 17.2. The molecule has 138 valence electrons. The van der Waals surface area contributed by atoms with Gasteiger partial charge in [-0.2, -0.15) is 0 Å². The van der Waals surface area contributed by atoms with Crippen LogP contribution >= 0.6 is 0 Å². The van der Waals surface area contributed by atoms with Crippen molar-refractivity contribution in [2.24, 2.45) is 0 Å². The Labute approximate surface area is 152 Å². The number of likely N-dealkylation sites (tertiary alicyclic amines) is 2. The first-order valence-corrected chi connectivity index (χ1v) is 9.40. The van der Waals surface area contributed by atoms with Crippen LogP contribution in [0.4, 0.5) is 4.39 Å². The molecule has 0 aliphatic carbocycles. The number of amides is 1. The Kier molecular flexibility index (Phi) is 5.02. The van der Waals surface area contributed by atoms with E-state index in [9.17, 15) is 9.18 Å². The second kappa shape index (κ2) is 7.58. The van der Waals surface area contributed by atoms with Crippen LogP contribution in [0, 0.1) is 5.82 Å². The Morgan fingerprint density at radius 3 is 2.88 bits per heavy atom. The second-order valence-corrected chi connectivity index (χ2v) is 7.20. The molecule has 1 unspecified atom stereocenters. The first-order valence-electron chi connectivity index (χ1n) is 9.40. The van der Waals surface area contributed by atoms with Gasteiger partial charge in [-0.1, -0.05) is 12.1 Å². The molecule has 3 heterocycles. The Morgan fingerprint density at radius 1 is 1.23 bits per heavy atom. The molecule has 1 atom stereocenters. The summed E-state index contributed by atoms with van der Waals surface area (Å²) in [6.07, 6.45) is 6.41. The van der Waals surface area contributed by atoms with Gasteiger partial charge in [0.15, 0.2) is 0 Å². The summed E-state index contributed by atoms with van der Waals surface area (Å²) in [5.74, 6) is 1.21. The molecule has 0 saturated carbocycles. The van der Waals surface area contributed by atoms with E-state index < -0.39 is 0 Å². The van der Waals surface area contributed by atoms with Gasteiger partial charge in [0.05, 0.1) is 12.7 Å². The first-order chi connectivity index (χ1) is 12.7. The maximum Gasteiger partial charge on any atom is 0.237 e. The van der Waals surface area contributed by atoms with E-state index in [1.54, 1.807) is 12.3 Å². The fourth-order valence-corrected chi connectivity index (χ4v) is 3.95. The van der Waals surface area contributed by atoms with Crippen molar-refractivity contribution in [1.82, 2.24) is 14.8 Å². The number of oxazole rings is 1. The second-order valence-electron chi connectivity index (χ2n) is 7.20. The van der Waals surface area contributed by atoms with E-state index in [2.05, 4.69) is 9.88 Å².